The van der Waals surface area contributed by atoms with E-state index >= 15 is 0 Å². The van der Waals surface area contributed by atoms with Crippen molar-refractivity contribution < 1.29 is 14.3 Å². The van der Waals surface area contributed by atoms with E-state index in [1.165, 1.54) is 48.9 Å². The second kappa shape index (κ2) is 10.0. The SMILES string of the molecule is COCCn1nc(C(=O)Nc2ccc(OCC3CCCCC3)cc2)ccc1=O. The molecule has 7 nitrogen and oxygen atoms in total. The lowest BCUT2D eigenvalue weighted by Crippen LogP contribution is -2.27. The quantitative estimate of drug-likeness (QED) is 0.755. The molecular formula is C21H27N3O4. The molecule has 1 amide bonds. The number of ether oxygens (including phenoxy) is 2. The minimum Gasteiger partial charge on any atom is -0.493 e. The monoisotopic (exact) mass is 385 g/mol. The molecule has 1 aromatic carbocycles. The van der Waals surface area contributed by atoms with Gasteiger partial charge in [-0.25, -0.2) is 4.68 Å². The van der Waals surface area contributed by atoms with Gasteiger partial charge in [0.1, 0.15) is 11.4 Å². The Morgan fingerprint density at radius 2 is 1.89 bits per heavy atom. The first-order valence-electron chi connectivity index (χ1n) is 9.77. The number of benzene rings is 1. The van der Waals surface area contributed by atoms with Crippen LogP contribution in [0.4, 0.5) is 5.69 Å². The third-order valence-electron chi connectivity index (χ3n) is 4.93. The Bertz CT molecular complexity index is 826. The highest BCUT2D eigenvalue weighted by Crippen LogP contribution is 2.25. The molecule has 1 heterocycles. The number of methoxy groups -OCH3 is 1. The van der Waals surface area contributed by atoms with Crippen molar-refractivity contribution in [1.82, 2.24) is 9.78 Å². The number of carbonyl (C=O) groups is 1. The summed E-state index contributed by atoms with van der Waals surface area (Å²) in [5, 5.41) is 6.88. The van der Waals surface area contributed by atoms with E-state index in [0.717, 1.165) is 12.4 Å². The number of nitrogens with zero attached hydrogens (tertiary/aromatic N) is 2. The Morgan fingerprint density at radius 1 is 1.14 bits per heavy atom. The zero-order chi connectivity index (χ0) is 19.8. The van der Waals surface area contributed by atoms with Crippen LogP contribution in [0.15, 0.2) is 41.2 Å². The molecule has 1 aliphatic rings. The molecule has 7 heteroatoms. The smallest absolute Gasteiger partial charge is 0.276 e. The van der Waals surface area contributed by atoms with Crippen LogP contribution in [0.1, 0.15) is 42.6 Å². The molecule has 1 N–H and O–H groups in total. The fourth-order valence-corrected chi connectivity index (χ4v) is 3.31. The lowest BCUT2D eigenvalue weighted by molar-refractivity contribution is 0.101. The number of anilines is 1. The fraction of sp³-hybridized carbons (Fsp3) is 0.476. The average molecular weight is 385 g/mol. The number of rotatable bonds is 8. The number of hydrogen-bond donors (Lipinski definition) is 1. The van der Waals surface area contributed by atoms with Crippen molar-refractivity contribution >= 4 is 11.6 Å². The van der Waals surface area contributed by atoms with Gasteiger partial charge in [0.15, 0.2) is 0 Å². The van der Waals surface area contributed by atoms with Gasteiger partial charge >= 0.3 is 0 Å². The predicted molar refractivity (Wildman–Crippen MR) is 107 cm³/mol. The Balaban J connectivity index is 1.56. The van der Waals surface area contributed by atoms with Crippen LogP contribution in [0.2, 0.25) is 0 Å². The van der Waals surface area contributed by atoms with Crippen LogP contribution in [-0.4, -0.2) is 36.0 Å². The molecule has 150 valence electrons. The maximum Gasteiger partial charge on any atom is 0.276 e. The van der Waals surface area contributed by atoms with Crippen molar-refractivity contribution in [3.8, 4) is 5.75 Å². The first-order valence-corrected chi connectivity index (χ1v) is 9.77. The topological polar surface area (TPSA) is 82.5 Å². The van der Waals surface area contributed by atoms with Gasteiger partial charge in [0.05, 0.1) is 19.8 Å². The summed E-state index contributed by atoms with van der Waals surface area (Å²) >= 11 is 0. The number of hydrogen-bond acceptors (Lipinski definition) is 5. The molecule has 3 rings (SSSR count). The fourth-order valence-electron chi connectivity index (χ4n) is 3.31. The van der Waals surface area contributed by atoms with Gasteiger partial charge in [-0.2, -0.15) is 5.10 Å². The molecule has 0 spiro atoms. The van der Waals surface area contributed by atoms with Gasteiger partial charge in [-0.15, -0.1) is 0 Å². The van der Waals surface area contributed by atoms with Gasteiger partial charge in [0.25, 0.3) is 11.5 Å². The minimum atomic E-state index is -0.373. The molecule has 1 fully saturated rings. The Labute approximate surface area is 164 Å². The van der Waals surface area contributed by atoms with Gasteiger partial charge in [-0.1, -0.05) is 19.3 Å². The van der Waals surface area contributed by atoms with Gasteiger partial charge in [-0.05, 0) is 49.1 Å². The Morgan fingerprint density at radius 3 is 2.61 bits per heavy atom. The second-order valence-corrected chi connectivity index (χ2v) is 7.07. The van der Waals surface area contributed by atoms with Crippen molar-refractivity contribution in [2.45, 2.75) is 38.6 Å². The molecule has 28 heavy (non-hydrogen) atoms. The highest BCUT2D eigenvalue weighted by molar-refractivity contribution is 6.02. The zero-order valence-corrected chi connectivity index (χ0v) is 16.2. The highest BCUT2D eigenvalue weighted by Gasteiger charge is 2.14. The first kappa shape index (κ1) is 20.1. The summed E-state index contributed by atoms with van der Waals surface area (Å²) in [7, 11) is 1.55. The third kappa shape index (κ3) is 5.66. The summed E-state index contributed by atoms with van der Waals surface area (Å²) in [5.74, 6) is 1.07. The standard InChI is InChI=1S/C21H27N3O4/c1-27-14-13-24-20(25)12-11-19(23-24)21(26)22-17-7-9-18(10-8-17)28-15-16-5-3-2-4-6-16/h7-12,16H,2-6,13-15H2,1H3,(H,22,26). The van der Waals surface area contributed by atoms with E-state index in [4.69, 9.17) is 9.47 Å². The van der Waals surface area contributed by atoms with Crippen LogP contribution in [0.3, 0.4) is 0 Å². The van der Waals surface area contributed by atoms with Crippen molar-refractivity contribution in [3.05, 3.63) is 52.4 Å². The summed E-state index contributed by atoms with van der Waals surface area (Å²) < 4.78 is 12.1. The number of nitrogens with one attached hydrogen (secondary N) is 1. The molecule has 0 aliphatic heterocycles. The van der Waals surface area contributed by atoms with Crippen LogP contribution < -0.4 is 15.6 Å². The minimum absolute atomic E-state index is 0.174. The molecule has 1 aromatic heterocycles. The van der Waals surface area contributed by atoms with E-state index < -0.39 is 0 Å². The van der Waals surface area contributed by atoms with E-state index in [-0.39, 0.29) is 17.2 Å². The maximum absolute atomic E-state index is 12.4. The van der Waals surface area contributed by atoms with Crippen LogP contribution in [0.25, 0.3) is 0 Å². The number of amides is 1. The van der Waals surface area contributed by atoms with Gasteiger partial charge in [-0.3, -0.25) is 9.59 Å². The molecular weight excluding hydrogens is 358 g/mol. The normalized spacial score (nSPS) is 14.6. The van der Waals surface area contributed by atoms with Crippen LogP contribution in [0, 0.1) is 5.92 Å². The summed E-state index contributed by atoms with van der Waals surface area (Å²) in [6.07, 6.45) is 6.42. The average Bonchev–Trinajstić information content (AvgIpc) is 2.73. The molecule has 0 radical (unpaired) electrons. The van der Waals surface area contributed by atoms with Crippen molar-refractivity contribution in [2.75, 3.05) is 25.6 Å². The third-order valence-corrected chi connectivity index (χ3v) is 4.93. The first-order chi connectivity index (χ1) is 13.7. The molecule has 0 saturated heterocycles. The van der Waals surface area contributed by atoms with E-state index in [9.17, 15) is 9.59 Å². The molecule has 1 aliphatic carbocycles. The lowest BCUT2D eigenvalue weighted by atomic mass is 9.90. The highest BCUT2D eigenvalue weighted by atomic mass is 16.5. The van der Waals surface area contributed by atoms with Crippen LogP contribution >= 0.6 is 0 Å². The number of carbonyl (C=O) groups excluding carboxylic acids is 1. The van der Waals surface area contributed by atoms with Crippen molar-refractivity contribution in [3.63, 3.8) is 0 Å². The zero-order valence-electron chi connectivity index (χ0n) is 16.2. The molecule has 0 bridgehead atoms. The van der Waals surface area contributed by atoms with E-state index in [2.05, 4.69) is 10.4 Å². The summed E-state index contributed by atoms with van der Waals surface area (Å²) in [4.78, 5) is 24.2. The Kier molecular flexibility index (Phi) is 7.19. The molecule has 0 unspecified atom stereocenters. The van der Waals surface area contributed by atoms with Crippen molar-refractivity contribution in [1.29, 1.82) is 0 Å². The summed E-state index contributed by atoms with van der Waals surface area (Å²) in [5.41, 5.74) is 0.549. The Hall–Kier alpha value is -2.67. The van der Waals surface area contributed by atoms with E-state index in [0.29, 0.717) is 24.8 Å². The molecule has 1 saturated carbocycles. The summed E-state index contributed by atoms with van der Waals surface area (Å²) in [6, 6.07) is 10.1. The van der Waals surface area contributed by atoms with Gasteiger partial charge in [0, 0.05) is 18.9 Å². The second-order valence-electron chi connectivity index (χ2n) is 7.07. The lowest BCUT2D eigenvalue weighted by Gasteiger charge is -2.21. The number of aromatic nitrogens is 2. The van der Waals surface area contributed by atoms with Gasteiger partial charge in [0.2, 0.25) is 0 Å². The van der Waals surface area contributed by atoms with Crippen LogP contribution in [-0.2, 0) is 11.3 Å². The molecule has 2 aromatic rings. The summed E-state index contributed by atoms with van der Waals surface area (Å²) in [6.45, 7) is 1.39. The maximum atomic E-state index is 12.4. The van der Waals surface area contributed by atoms with E-state index in [1.54, 1.807) is 19.2 Å². The van der Waals surface area contributed by atoms with Gasteiger partial charge < -0.3 is 14.8 Å². The van der Waals surface area contributed by atoms with Crippen LogP contribution in [0.5, 0.6) is 5.75 Å². The largest absolute Gasteiger partial charge is 0.493 e. The molecule has 0 atom stereocenters. The van der Waals surface area contributed by atoms with E-state index in [1.807, 2.05) is 12.1 Å². The predicted octanol–water partition coefficient (Wildman–Crippen LogP) is 3.10. The van der Waals surface area contributed by atoms with Crippen molar-refractivity contribution in [2.24, 2.45) is 5.92 Å².